The minimum absolute atomic E-state index is 0.314. The molecular formula is C14H17N3O2S. The summed E-state index contributed by atoms with van der Waals surface area (Å²) in [5.74, 6) is 5.67. The number of hydrazine groups is 1. The molecule has 20 heavy (non-hydrogen) atoms. The van der Waals surface area contributed by atoms with Crippen LogP contribution in [0.3, 0.4) is 0 Å². The second kappa shape index (κ2) is 7.02. The van der Waals surface area contributed by atoms with E-state index in [1.165, 1.54) is 23.1 Å². The van der Waals surface area contributed by atoms with Crippen LogP contribution in [0.5, 0.6) is 5.75 Å². The minimum Gasteiger partial charge on any atom is -0.493 e. The molecule has 0 radical (unpaired) electrons. The molecule has 2 rings (SSSR count). The number of hydrogen-bond donors (Lipinski definition) is 2. The van der Waals surface area contributed by atoms with Gasteiger partial charge < -0.3 is 4.74 Å². The second-order valence-electron chi connectivity index (χ2n) is 4.15. The lowest BCUT2D eigenvalue weighted by Crippen LogP contribution is -2.29. The van der Waals surface area contributed by atoms with Gasteiger partial charge in [-0.3, -0.25) is 10.2 Å². The Labute approximate surface area is 121 Å². The molecular weight excluding hydrogens is 274 g/mol. The quantitative estimate of drug-likeness (QED) is 0.484. The van der Waals surface area contributed by atoms with Crippen LogP contribution in [0.25, 0.3) is 0 Å². The molecule has 0 atom stereocenters. The van der Waals surface area contributed by atoms with E-state index >= 15 is 0 Å². The van der Waals surface area contributed by atoms with Crippen LogP contribution in [0.4, 0.5) is 0 Å². The Morgan fingerprint density at radius 2 is 2.25 bits per heavy atom. The maximum absolute atomic E-state index is 11.3. The van der Waals surface area contributed by atoms with Crippen molar-refractivity contribution < 1.29 is 9.53 Å². The van der Waals surface area contributed by atoms with Crippen LogP contribution in [-0.4, -0.2) is 17.5 Å². The first-order chi connectivity index (χ1) is 9.74. The number of amides is 1. The number of ether oxygens (including phenoxy) is 1. The van der Waals surface area contributed by atoms with Crippen LogP contribution in [-0.2, 0) is 12.8 Å². The highest BCUT2D eigenvalue weighted by Gasteiger charge is 2.09. The fourth-order valence-corrected chi connectivity index (χ4v) is 2.59. The van der Waals surface area contributed by atoms with Crippen molar-refractivity contribution in [3.05, 3.63) is 45.9 Å². The van der Waals surface area contributed by atoms with Crippen LogP contribution in [0.15, 0.2) is 30.5 Å². The first kappa shape index (κ1) is 14.5. The largest absolute Gasteiger partial charge is 0.493 e. The van der Waals surface area contributed by atoms with E-state index in [0.717, 1.165) is 17.2 Å². The topological polar surface area (TPSA) is 77.2 Å². The Morgan fingerprint density at radius 1 is 1.45 bits per heavy atom. The molecule has 106 valence electrons. The van der Waals surface area contributed by atoms with E-state index < -0.39 is 0 Å². The lowest BCUT2D eigenvalue weighted by molar-refractivity contribution is 0.0957. The minimum atomic E-state index is -0.314. The van der Waals surface area contributed by atoms with Crippen LogP contribution in [0, 0.1) is 0 Å². The summed E-state index contributed by atoms with van der Waals surface area (Å²) in [7, 11) is 0. The van der Waals surface area contributed by atoms with Crippen molar-refractivity contribution in [3.8, 4) is 5.75 Å². The molecule has 1 aromatic heterocycles. The molecule has 0 aliphatic rings. The second-order valence-corrected chi connectivity index (χ2v) is 5.27. The molecule has 0 aliphatic heterocycles. The molecule has 0 bridgehead atoms. The van der Waals surface area contributed by atoms with Crippen LogP contribution >= 0.6 is 11.3 Å². The van der Waals surface area contributed by atoms with E-state index in [-0.39, 0.29) is 5.91 Å². The maximum atomic E-state index is 11.3. The van der Waals surface area contributed by atoms with Crippen molar-refractivity contribution >= 4 is 17.2 Å². The molecule has 0 aliphatic carbocycles. The van der Waals surface area contributed by atoms with E-state index in [2.05, 4.69) is 23.4 Å². The Balaban J connectivity index is 1.89. The molecule has 0 saturated carbocycles. The summed E-state index contributed by atoms with van der Waals surface area (Å²) < 4.78 is 5.77. The summed E-state index contributed by atoms with van der Waals surface area (Å²) in [5.41, 5.74) is 3.28. The molecule has 1 heterocycles. The monoisotopic (exact) mass is 291 g/mol. The highest BCUT2D eigenvalue weighted by atomic mass is 32.1. The molecule has 2 aromatic rings. The fraction of sp³-hybridized carbons (Fsp3) is 0.286. The fourth-order valence-electron chi connectivity index (χ4n) is 1.79. The predicted octanol–water partition coefficient (Wildman–Crippen LogP) is 1.93. The summed E-state index contributed by atoms with van der Waals surface area (Å²) in [6, 6.07) is 7.99. The Morgan fingerprint density at radius 3 is 3.00 bits per heavy atom. The van der Waals surface area contributed by atoms with Gasteiger partial charge in [0.25, 0.3) is 5.91 Å². The number of rotatable bonds is 6. The number of carbonyl (C=O) groups is 1. The molecule has 0 unspecified atom stereocenters. The summed E-state index contributed by atoms with van der Waals surface area (Å²) in [6.45, 7) is 2.63. The first-order valence-electron chi connectivity index (χ1n) is 6.41. The average Bonchev–Trinajstić information content (AvgIpc) is 2.96. The molecule has 0 spiro atoms. The number of nitrogen functional groups attached to an aromatic ring is 1. The number of aromatic nitrogens is 1. The van der Waals surface area contributed by atoms with Gasteiger partial charge in [-0.1, -0.05) is 25.1 Å². The SMILES string of the molecule is CCc1ccccc1OCCc1ncc(C(=O)NN)s1. The van der Waals surface area contributed by atoms with Crippen molar-refractivity contribution in [2.75, 3.05) is 6.61 Å². The van der Waals surface area contributed by atoms with Gasteiger partial charge in [0, 0.05) is 6.42 Å². The highest BCUT2D eigenvalue weighted by Crippen LogP contribution is 2.19. The van der Waals surface area contributed by atoms with Gasteiger partial charge in [0.1, 0.15) is 10.6 Å². The summed E-state index contributed by atoms with van der Waals surface area (Å²) in [4.78, 5) is 16.0. The Bertz CT molecular complexity index is 583. The Kier molecular flexibility index (Phi) is 5.09. The number of para-hydroxylation sites is 1. The van der Waals surface area contributed by atoms with Gasteiger partial charge in [0.15, 0.2) is 0 Å². The summed E-state index contributed by atoms with van der Waals surface area (Å²) in [6.07, 6.45) is 3.14. The van der Waals surface area contributed by atoms with Gasteiger partial charge >= 0.3 is 0 Å². The van der Waals surface area contributed by atoms with Gasteiger partial charge in [-0.25, -0.2) is 10.8 Å². The van der Waals surface area contributed by atoms with Crippen molar-refractivity contribution in [1.29, 1.82) is 0 Å². The number of aryl methyl sites for hydroxylation is 1. The zero-order valence-electron chi connectivity index (χ0n) is 11.3. The number of nitrogens with zero attached hydrogens (tertiary/aromatic N) is 1. The normalized spacial score (nSPS) is 10.3. The zero-order valence-corrected chi connectivity index (χ0v) is 12.1. The summed E-state index contributed by atoms with van der Waals surface area (Å²) in [5, 5.41) is 0.859. The van der Waals surface area contributed by atoms with E-state index in [1.54, 1.807) is 0 Å². The van der Waals surface area contributed by atoms with Crippen molar-refractivity contribution in [2.24, 2.45) is 5.84 Å². The molecule has 3 N–H and O–H groups in total. The van der Waals surface area contributed by atoms with Gasteiger partial charge in [-0.2, -0.15) is 0 Å². The number of nitrogens with one attached hydrogen (secondary N) is 1. The van der Waals surface area contributed by atoms with E-state index in [4.69, 9.17) is 10.6 Å². The Hall–Kier alpha value is -1.92. The number of thiazole rings is 1. The van der Waals surface area contributed by atoms with Gasteiger partial charge in [-0.05, 0) is 18.1 Å². The van der Waals surface area contributed by atoms with Crippen molar-refractivity contribution in [1.82, 2.24) is 10.4 Å². The lowest BCUT2D eigenvalue weighted by Gasteiger charge is -2.09. The average molecular weight is 291 g/mol. The van der Waals surface area contributed by atoms with Gasteiger partial charge in [0.05, 0.1) is 17.8 Å². The number of benzene rings is 1. The van der Waals surface area contributed by atoms with E-state index in [9.17, 15) is 4.79 Å². The third-order valence-electron chi connectivity index (χ3n) is 2.84. The van der Waals surface area contributed by atoms with E-state index in [1.807, 2.05) is 18.2 Å². The number of nitrogens with two attached hydrogens (primary N) is 1. The molecule has 6 heteroatoms. The molecule has 0 fully saturated rings. The third kappa shape index (κ3) is 3.55. The molecule has 1 aromatic carbocycles. The zero-order chi connectivity index (χ0) is 14.4. The number of hydrogen-bond acceptors (Lipinski definition) is 5. The number of carbonyl (C=O) groups excluding carboxylic acids is 1. The van der Waals surface area contributed by atoms with Crippen molar-refractivity contribution in [2.45, 2.75) is 19.8 Å². The lowest BCUT2D eigenvalue weighted by atomic mass is 10.1. The van der Waals surface area contributed by atoms with E-state index in [0.29, 0.717) is 17.9 Å². The van der Waals surface area contributed by atoms with Crippen LogP contribution < -0.4 is 16.0 Å². The first-order valence-corrected chi connectivity index (χ1v) is 7.22. The smallest absolute Gasteiger partial charge is 0.276 e. The standard InChI is InChI=1S/C14H17N3O2S/c1-2-10-5-3-4-6-11(10)19-8-7-13-16-9-12(20-13)14(18)17-15/h3-6,9H,2,7-8,15H2,1H3,(H,17,18). The highest BCUT2D eigenvalue weighted by molar-refractivity contribution is 7.13. The van der Waals surface area contributed by atoms with Gasteiger partial charge in [-0.15, -0.1) is 11.3 Å². The molecule has 5 nitrogen and oxygen atoms in total. The third-order valence-corrected chi connectivity index (χ3v) is 3.89. The summed E-state index contributed by atoms with van der Waals surface area (Å²) >= 11 is 1.33. The van der Waals surface area contributed by atoms with Crippen LogP contribution in [0.1, 0.15) is 27.2 Å². The predicted molar refractivity (Wildman–Crippen MR) is 78.8 cm³/mol. The van der Waals surface area contributed by atoms with Crippen LogP contribution in [0.2, 0.25) is 0 Å². The molecule has 0 saturated heterocycles. The maximum Gasteiger partial charge on any atom is 0.276 e. The molecule has 1 amide bonds. The van der Waals surface area contributed by atoms with Gasteiger partial charge in [0.2, 0.25) is 0 Å². The van der Waals surface area contributed by atoms with Crippen molar-refractivity contribution in [3.63, 3.8) is 0 Å².